The van der Waals surface area contributed by atoms with E-state index in [1.807, 2.05) is 114 Å². The van der Waals surface area contributed by atoms with Crippen LogP contribution in [0.15, 0.2) is 176 Å². The highest BCUT2D eigenvalue weighted by molar-refractivity contribution is 5.84. The molecule has 0 aliphatic carbocycles. The molecule has 0 spiro atoms. The quantitative estimate of drug-likeness (QED) is 0.0136. The second-order valence-corrected chi connectivity index (χ2v) is 28.5. The van der Waals surface area contributed by atoms with Crippen molar-refractivity contribution in [3.05, 3.63) is 249 Å². The number of hydrogen-bond donors (Lipinski definition) is 11. The van der Waals surface area contributed by atoms with Gasteiger partial charge >= 0.3 is 54.3 Å². The summed E-state index contributed by atoms with van der Waals surface area (Å²) in [5.41, 5.74) is 14.0. The van der Waals surface area contributed by atoms with Gasteiger partial charge in [0.1, 0.15) is 53.7 Å². The Balaban J connectivity index is 0.000000810. The minimum atomic E-state index is -4.92. The number of esters is 2. The molecule has 138 heavy (non-hydrogen) atoms. The first kappa shape index (κ1) is 121. The van der Waals surface area contributed by atoms with E-state index in [-0.39, 0.29) is 66.8 Å². The van der Waals surface area contributed by atoms with Crippen LogP contribution in [-0.2, 0) is 75.9 Å². The van der Waals surface area contributed by atoms with E-state index in [2.05, 4.69) is 87.0 Å². The molecule has 14 N–H and O–H groups in total. The number of amides is 4. The van der Waals surface area contributed by atoms with Gasteiger partial charge in [0.05, 0.1) is 29.9 Å². The molecule has 0 bridgehead atoms. The summed E-state index contributed by atoms with van der Waals surface area (Å²) >= 11 is 0. The SMILES string of the molecule is CC(=O)N[C@@H](C[C@H](F)C#Cc1ccc(F)c(C(F)(F)F)c1)C(=O)O.CC(=O)N[C@H](C)C[C@@H](F)C#Cc1ccccc1.CCOC(=O)[C@H](CCC#Cc1ccc(F)c(C(F)(F)F)c1)NC(C)=O.CCOC(=O)[C@H](CCC#Cc1ccccc1)NC(C)=O.N[C@@H](C[C@@H](F)C#Cc1ccc(F)c(C(F)(F)F)c1)C(=O)O.N[C@H](CCC#Cc1ccccc1)C(=O)O.N[C@H](C[C@H](F)C#Cc1ccccc1)C(=O)O. The van der Waals surface area contributed by atoms with Crippen LogP contribution in [0.4, 0.5) is 70.2 Å². The molecular weight excluding hydrogens is 1850 g/mol. The van der Waals surface area contributed by atoms with Gasteiger partial charge in [0.25, 0.3) is 0 Å². The number of carbonyl (C=O) groups excluding carboxylic acids is 6. The second kappa shape index (κ2) is 64.8. The third kappa shape index (κ3) is 55.6. The van der Waals surface area contributed by atoms with Gasteiger partial charge in [0, 0.05) is 118 Å². The first-order chi connectivity index (χ1) is 64.8. The lowest BCUT2D eigenvalue weighted by molar-refractivity contribution is -0.147. The molecule has 39 heteroatoms. The first-order valence-electron chi connectivity index (χ1n) is 41.3. The smallest absolute Gasteiger partial charge is 0.419 e. The number of ether oxygens (including phenoxy) is 2. The molecule has 738 valence electrons. The highest BCUT2D eigenvalue weighted by atomic mass is 19.4. The lowest BCUT2D eigenvalue weighted by Crippen LogP contribution is -2.41. The molecule has 0 saturated carbocycles. The number of hydrogen-bond acceptors (Lipinski definition) is 15. The van der Waals surface area contributed by atoms with E-state index in [9.17, 15) is 118 Å². The van der Waals surface area contributed by atoms with Gasteiger partial charge in [0.2, 0.25) is 23.6 Å². The molecular formula is C99H99F16N7O16. The van der Waals surface area contributed by atoms with Crippen molar-refractivity contribution >= 4 is 59.4 Å². The van der Waals surface area contributed by atoms with Crippen molar-refractivity contribution in [2.24, 2.45) is 17.2 Å². The summed E-state index contributed by atoms with van der Waals surface area (Å²) in [6.07, 6.45) is -20.6. The summed E-state index contributed by atoms with van der Waals surface area (Å²) in [6, 6.07) is 37.0. The van der Waals surface area contributed by atoms with E-state index in [0.29, 0.717) is 74.3 Å². The molecule has 0 heterocycles. The minimum Gasteiger partial charge on any atom is -0.480 e. The van der Waals surface area contributed by atoms with Crippen molar-refractivity contribution in [1.82, 2.24) is 21.3 Å². The number of nitrogens with two attached hydrogens (primary N) is 3. The monoisotopic (exact) mass is 1950 g/mol. The largest absolute Gasteiger partial charge is 0.480 e. The maximum absolute atomic E-state index is 13.7. The maximum atomic E-state index is 13.7. The number of benzene rings is 7. The number of alkyl halides is 13. The zero-order valence-electron chi connectivity index (χ0n) is 75.0. The zero-order valence-corrected chi connectivity index (χ0v) is 75.0. The molecule has 7 aromatic rings. The predicted molar refractivity (Wildman–Crippen MR) is 478 cm³/mol. The number of rotatable bonds is 26. The minimum absolute atomic E-state index is 0.000867. The Hall–Kier alpha value is -15.1. The molecule has 23 nitrogen and oxygen atoms in total. The van der Waals surface area contributed by atoms with Gasteiger partial charge < -0.3 is 68.4 Å². The number of carboxylic acids is 4. The maximum Gasteiger partial charge on any atom is 0.419 e. The molecule has 0 fully saturated rings. The molecule has 0 aromatic heterocycles. The first-order valence-corrected chi connectivity index (χ1v) is 41.3. The fourth-order valence-corrected chi connectivity index (χ4v) is 10.2. The molecule has 0 aliphatic rings. The van der Waals surface area contributed by atoms with Crippen molar-refractivity contribution in [2.75, 3.05) is 13.2 Å². The Kier molecular flexibility index (Phi) is 56.7. The van der Waals surface area contributed by atoms with E-state index >= 15 is 0 Å². The van der Waals surface area contributed by atoms with Crippen LogP contribution in [0, 0.1) is 100 Å². The molecule has 0 radical (unpaired) electrons. The van der Waals surface area contributed by atoms with Crippen molar-refractivity contribution in [1.29, 1.82) is 0 Å². The Morgan fingerprint density at radius 1 is 0.333 bits per heavy atom. The van der Waals surface area contributed by atoms with E-state index in [1.165, 1.54) is 20.8 Å². The summed E-state index contributed by atoms with van der Waals surface area (Å²) in [4.78, 5) is 109. The number of carbonyl (C=O) groups is 10. The molecule has 7 aromatic carbocycles. The standard InChI is InChI=1S/C17H17F4NO3.C16H19NO3.C15H12F5NO3.C14H16FNO.C13H10F5NO2.C12H12FNO2.C12H13NO2/c1-3-25-16(24)15(22-11(2)23)7-5-4-6-12-8-9-14(18)13(10-12)17(19,20)21;1-3-20-16(19)15(17-13(2)18)12-8-7-11-14-9-5-4-6-10-14;1-8(22)21-13(14(23)24)7-10(16)4-2-9-3-5-12(17)11(6-9)15(18,19)20;1-11(16-12(2)17)10-14(15)9-8-13-6-4-3-5-7-13;14-8(6-11(19)12(20)21)3-1-7-2-4-10(15)9(5-7)13(16,17)18;13-10(8-11(14)12(15)16)7-6-9-4-2-1-3-5-9;13-11(12(14)15)9-5-4-8-10-6-2-1-3-7-10/h8-10,15H,3,5,7H2,1-2H3,(H,22,23);4-6,9-10,15H,3,8,12H2,1-2H3,(H,17,18);3,5-6,10,13H,7H2,1H3,(H,21,22)(H,23,24);3-7,11,14H,10H2,1-2H3,(H,16,17);2,4-5,8,11H,6,19H2,(H,20,21);1-5,10-11H,8,14H2,(H,15,16);1-3,6-7,11H,5,9,13H2,(H,14,15)/t2*15-;10-,13+;11-,14+;8-,11-;10-,11-;11-/m0011011/s1. The third-order valence-electron chi connectivity index (χ3n) is 16.7. The van der Waals surface area contributed by atoms with Gasteiger partial charge in [-0.05, 0) is 143 Å². The van der Waals surface area contributed by atoms with Crippen LogP contribution in [0.5, 0.6) is 0 Å². The molecule has 0 saturated heterocycles. The fourth-order valence-electron chi connectivity index (χ4n) is 10.2. The molecule has 11 atom stereocenters. The number of carboxylic acid groups (broad SMARTS) is 4. The Labute approximate surface area is 785 Å². The van der Waals surface area contributed by atoms with Crippen LogP contribution in [0.25, 0.3) is 0 Å². The van der Waals surface area contributed by atoms with Gasteiger partial charge in [-0.2, -0.15) is 39.5 Å². The Morgan fingerprint density at radius 3 is 0.862 bits per heavy atom. The predicted octanol–water partition coefficient (Wildman–Crippen LogP) is 14.5. The van der Waals surface area contributed by atoms with Crippen LogP contribution in [0.1, 0.15) is 168 Å². The van der Waals surface area contributed by atoms with Gasteiger partial charge in [-0.3, -0.25) is 33.6 Å². The normalized spacial score (nSPS) is 12.6. The highest BCUT2D eigenvalue weighted by Crippen LogP contribution is 2.34. The van der Waals surface area contributed by atoms with Gasteiger partial charge in [0.15, 0.2) is 24.7 Å². The van der Waals surface area contributed by atoms with Crippen molar-refractivity contribution in [3.8, 4) is 82.9 Å². The summed E-state index contributed by atoms with van der Waals surface area (Å²) < 4.78 is 215. The van der Waals surface area contributed by atoms with Crippen molar-refractivity contribution < 1.29 is 148 Å². The summed E-state index contributed by atoms with van der Waals surface area (Å²) in [5, 5.41) is 43.9. The Morgan fingerprint density at radius 2 is 0.587 bits per heavy atom. The van der Waals surface area contributed by atoms with Crippen LogP contribution >= 0.6 is 0 Å². The van der Waals surface area contributed by atoms with Gasteiger partial charge in [-0.15, -0.1) is 0 Å². The third-order valence-corrected chi connectivity index (χ3v) is 16.7. The van der Waals surface area contributed by atoms with E-state index in [4.69, 9.17) is 47.1 Å². The summed E-state index contributed by atoms with van der Waals surface area (Å²) in [7, 11) is 0. The second-order valence-electron chi connectivity index (χ2n) is 28.5. The summed E-state index contributed by atoms with van der Waals surface area (Å²) in [6.45, 7) is 10.6. The number of aliphatic carboxylic acids is 4. The van der Waals surface area contributed by atoms with Crippen LogP contribution in [-0.4, -0.2) is 160 Å². The van der Waals surface area contributed by atoms with E-state index in [0.717, 1.165) is 41.8 Å². The molecule has 7 rings (SSSR count). The highest BCUT2D eigenvalue weighted by Gasteiger charge is 2.37. The van der Waals surface area contributed by atoms with E-state index in [1.54, 1.807) is 45.0 Å². The topological polar surface area (TPSA) is 396 Å². The molecule has 0 unspecified atom stereocenters. The fraction of sp³-hybridized carbons (Fsp3) is 0.333. The average Bonchev–Trinajstić information content (AvgIpc) is 0.834. The molecule has 0 aliphatic heterocycles. The lowest BCUT2D eigenvalue weighted by Gasteiger charge is -2.14. The number of nitrogens with one attached hydrogen (secondary N) is 4. The van der Waals surface area contributed by atoms with Crippen LogP contribution in [0.3, 0.4) is 0 Å². The number of halogens is 16. The Bertz CT molecular complexity index is 5580. The summed E-state index contributed by atoms with van der Waals surface area (Å²) in [5.74, 6) is 23.3. The lowest BCUT2D eigenvalue weighted by atomic mass is 10.1. The van der Waals surface area contributed by atoms with E-state index < -0.39 is 174 Å². The van der Waals surface area contributed by atoms with Crippen molar-refractivity contribution in [2.45, 2.75) is 198 Å². The van der Waals surface area contributed by atoms with Crippen molar-refractivity contribution in [3.63, 3.8) is 0 Å². The van der Waals surface area contributed by atoms with Crippen LogP contribution < -0.4 is 38.5 Å². The zero-order chi connectivity index (χ0) is 104. The van der Waals surface area contributed by atoms with Gasteiger partial charge in [-0.25, -0.2) is 45.1 Å². The van der Waals surface area contributed by atoms with Crippen LogP contribution in [0.2, 0.25) is 0 Å². The molecule has 4 amide bonds. The van der Waals surface area contributed by atoms with Gasteiger partial charge in [-0.1, -0.05) is 156 Å². The average molecular weight is 1950 g/mol.